The molecule has 6 heteroatoms. The van der Waals surface area contributed by atoms with E-state index in [0.29, 0.717) is 42.0 Å². The third-order valence-electron chi connectivity index (χ3n) is 7.34. The smallest absolute Gasteiger partial charge is 0.233 e. The fourth-order valence-electron chi connectivity index (χ4n) is 5.15. The van der Waals surface area contributed by atoms with E-state index in [1.54, 1.807) is 0 Å². The first-order chi connectivity index (χ1) is 17.4. The molecule has 2 rings (SSSR count). The Labute approximate surface area is 225 Å². The quantitative estimate of drug-likeness (QED) is 0.0736. The van der Waals surface area contributed by atoms with Crippen molar-refractivity contribution in [1.29, 1.82) is 5.41 Å². The first-order valence-corrected chi connectivity index (χ1v) is 14.4. The van der Waals surface area contributed by atoms with Crippen molar-refractivity contribution in [2.24, 2.45) is 4.40 Å². The minimum atomic E-state index is 0.0726. The van der Waals surface area contributed by atoms with Crippen LogP contribution in [0, 0.1) is 5.41 Å². The molecule has 0 saturated heterocycles. The molecule has 36 heavy (non-hydrogen) atoms. The van der Waals surface area contributed by atoms with Crippen LogP contribution in [0.1, 0.15) is 103 Å². The molecular weight excluding hydrogens is 466 g/mol. The number of benzene rings is 1. The zero-order valence-electron chi connectivity index (χ0n) is 22.8. The van der Waals surface area contributed by atoms with Crippen molar-refractivity contribution in [2.75, 3.05) is 26.7 Å². The lowest BCUT2D eigenvalue weighted by Crippen LogP contribution is -2.52. The number of nitrogens with one attached hydrogen (secondary N) is 1. The average molecular weight is 515 g/mol. The zero-order chi connectivity index (χ0) is 26.2. The molecule has 1 heterocycles. The van der Waals surface area contributed by atoms with E-state index in [-0.39, 0.29) is 11.9 Å². The molecule has 0 aromatic heterocycles. The number of carbonyl (C=O) groups is 1. The van der Waals surface area contributed by atoms with Gasteiger partial charge in [0.25, 0.3) is 0 Å². The Morgan fingerprint density at radius 2 is 1.72 bits per heavy atom. The lowest BCUT2D eigenvalue weighted by atomic mass is 9.92. The topological polar surface area (TPSA) is 62.5 Å². The van der Waals surface area contributed by atoms with Gasteiger partial charge in [-0.1, -0.05) is 95.2 Å². The number of likely N-dealkylation sites (N-methyl/N-ethyl adjacent to an activating group) is 1. The van der Waals surface area contributed by atoms with Crippen molar-refractivity contribution in [1.82, 2.24) is 0 Å². The van der Waals surface area contributed by atoms with Crippen LogP contribution < -0.4 is 0 Å². The highest BCUT2D eigenvalue weighted by molar-refractivity contribution is 7.79. The Morgan fingerprint density at radius 3 is 2.39 bits per heavy atom. The van der Waals surface area contributed by atoms with Crippen molar-refractivity contribution in [3.8, 4) is 0 Å². The van der Waals surface area contributed by atoms with Crippen LogP contribution in [0.15, 0.2) is 46.4 Å². The van der Waals surface area contributed by atoms with Crippen LogP contribution in [0.25, 0.3) is 0 Å². The molecular formula is C30H48N3O2S+. The van der Waals surface area contributed by atoms with Gasteiger partial charge in [0.15, 0.2) is 0 Å². The number of rotatable bonds is 17. The van der Waals surface area contributed by atoms with Crippen molar-refractivity contribution in [2.45, 2.75) is 96.9 Å². The molecule has 0 aliphatic carbocycles. The highest BCUT2D eigenvalue weighted by Gasteiger charge is 2.39. The van der Waals surface area contributed by atoms with E-state index in [4.69, 9.17) is 10.1 Å². The summed E-state index contributed by atoms with van der Waals surface area (Å²) in [6.45, 7) is 6.57. The summed E-state index contributed by atoms with van der Waals surface area (Å²) in [5.41, 5.74) is 2.71. The molecule has 1 aromatic carbocycles. The van der Waals surface area contributed by atoms with Crippen LogP contribution in [0.4, 0.5) is 0 Å². The number of unbranched alkanes of at least 4 members (excludes halogenated alkanes) is 7. The van der Waals surface area contributed by atoms with Gasteiger partial charge in [0.2, 0.25) is 5.90 Å². The molecule has 1 aliphatic rings. The lowest BCUT2D eigenvalue weighted by molar-refractivity contribution is -0.935. The average Bonchev–Trinajstić information content (AvgIpc) is 2.88. The van der Waals surface area contributed by atoms with E-state index in [9.17, 15) is 4.79 Å². The van der Waals surface area contributed by atoms with E-state index in [1.807, 2.05) is 6.07 Å². The number of quaternary nitrogens is 1. The first kappa shape index (κ1) is 30.3. The summed E-state index contributed by atoms with van der Waals surface area (Å²) < 4.78 is 10.6. The predicted molar refractivity (Wildman–Crippen MR) is 155 cm³/mol. The van der Waals surface area contributed by atoms with Gasteiger partial charge >= 0.3 is 0 Å². The van der Waals surface area contributed by atoms with Gasteiger partial charge < -0.3 is 9.22 Å². The zero-order valence-corrected chi connectivity index (χ0v) is 23.7. The van der Waals surface area contributed by atoms with E-state index in [2.05, 4.69) is 68.4 Å². The molecule has 0 saturated carbocycles. The third kappa shape index (κ3) is 9.85. The molecule has 0 spiro atoms. The Kier molecular flexibility index (Phi) is 14.1. The maximum atomic E-state index is 13.1. The predicted octanol–water partition coefficient (Wildman–Crippen LogP) is 7.68. The van der Waals surface area contributed by atoms with Gasteiger partial charge in [-0.15, -0.1) is 0 Å². The van der Waals surface area contributed by atoms with Gasteiger partial charge in [0.05, 0.1) is 26.6 Å². The Bertz CT molecular complexity index is 868. The normalized spacial score (nSPS) is 19.0. The monoisotopic (exact) mass is 514 g/mol. The second kappa shape index (κ2) is 16.8. The molecule has 5 nitrogen and oxygen atoms in total. The first-order valence-electron chi connectivity index (χ1n) is 14.0. The second-order valence-corrected chi connectivity index (χ2v) is 10.6. The Hall–Kier alpha value is -1.92. The minimum absolute atomic E-state index is 0.0726. The fraction of sp³-hybridized carbons (Fsp3) is 0.633. The van der Waals surface area contributed by atoms with Crippen LogP contribution in [0.5, 0.6) is 0 Å². The van der Waals surface area contributed by atoms with Gasteiger partial charge in [-0.3, -0.25) is 10.2 Å². The lowest BCUT2D eigenvalue weighted by Gasteiger charge is -2.44. The molecule has 1 aromatic rings. The summed E-state index contributed by atoms with van der Waals surface area (Å²) in [5, 5.41) is 8.50. The molecule has 200 valence electrons. The number of nitrogens with zero attached hydrogens (tertiary/aromatic N) is 2. The number of carbonyl (C=O) groups excluding carboxylic acids is 1. The van der Waals surface area contributed by atoms with Gasteiger partial charge in [-0.25, -0.2) is 4.40 Å². The number of hydrogen-bond acceptors (Lipinski definition) is 5. The molecule has 2 atom stereocenters. The minimum Gasteiger partial charge on any atom is -0.477 e. The number of Topliss-reactive ketones (excluding diaryl/α,β-unsaturated/α-hetero) is 1. The van der Waals surface area contributed by atoms with E-state index >= 15 is 0 Å². The van der Waals surface area contributed by atoms with Crippen molar-refractivity contribution >= 4 is 30.2 Å². The highest BCUT2D eigenvalue weighted by atomic mass is 32.1. The maximum absolute atomic E-state index is 13.1. The van der Waals surface area contributed by atoms with Gasteiger partial charge in [-0.2, -0.15) is 0 Å². The molecule has 2 unspecified atom stereocenters. The molecule has 0 fully saturated rings. The van der Waals surface area contributed by atoms with Crippen LogP contribution in [-0.2, 0) is 9.53 Å². The molecule has 0 radical (unpaired) electrons. The highest BCUT2D eigenvalue weighted by Crippen LogP contribution is 2.35. The summed E-state index contributed by atoms with van der Waals surface area (Å²) in [6, 6.07) is 10.5. The second-order valence-electron chi connectivity index (χ2n) is 10.4. The largest absolute Gasteiger partial charge is 0.477 e. The number of ketones is 1. The van der Waals surface area contributed by atoms with Crippen LogP contribution in [0.3, 0.4) is 0 Å². The van der Waals surface area contributed by atoms with Crippen molar-refractivity contribution < 1.29 is 14.0 Å². The van der Waals surface area contributed by atoms with Crippen LogP contribution in [0.2, 0.25) is 0 Å². The number of ether oxygens (including phenoxy) is 1. The standard InChI is InChI=1S/C30H47N3O2S/c1-4-6-8-10-14-20-27(34)23-28(25-17-12-11-13-18-25)33(3)21-16-19-26(24-33)29(32-36)30(31)35-22-15-9-7-5-2/h11-13,17-19,28H,4-10,14-16,20-24H2,1-3H3,(H-,31,36)/p+1. The molecule has 1 N–H and O–H groups in total. The summed E-state index contributed by atoms with van der Waals surface area (Å²) >= 11 is 4.21. The molecule has 0 bridgehead atoms. The summed E-state index contributed by atoms with van der Waals surface area (Å²) in [4.78, 5) is 13.1. The summed E-state index contributed by atoms with van der Waals surface area (Å²) in [5.74, 6) is 0.447. The third-order valence-corrected chi connectivity index (χ3v) is 7.54. The fourth-order valence-corrected chi connectivity index (χ4v) is 5.37. The maximum Gasteiger partial charge on any atom is 0.233 e. The van der Waals surface area contributed by atoms with Gasteiger partial charge in [0.1, 0.15) is 24.1 Å². The van der Waals surface area contributed by atoms with Crippen LogP contribution in [-0.4, -0.2) is 48.6 Å². The molecule has 0 amide bonds. The van der Waals surface area contributed by atoms with E-state index in [0.717, 1.165) is 44.2 Å². The van der Waals surface area contributed by atoms with Gasteiger partial charge in [-0.05, 0) is 25.7 Å². The summed E-state index contributed by atoms with van der Waals surface area (Å²) in [6.07, 6.45) is 14.5. The Morgan fingerprint density at radius 1 is 1.06 bits per heavy atom. The number of hydrogen-bond donors (Lipinski definition) is 2. The van der Waals surface area contributed by atoms with E-state index < -0.39 is 0 Å². The molecule has 1 aliphatic heterocycles. The van der Waals surface area contributed by atoms with Crippen molar-refractivity contribution in [3.63, 3.8) is 0 Å². The van der Waals surface area contributed by atoms with E-state index in [1.165, 1.54) is 37.7 Å². The Balaban J connectivity index is 2.11. The van der Waals surface area contributed by atoms with Crippen LogP contribution >= 0.6 is 12.8 Å². The van der Waals surface area contributed by atoms with Gasteiger partial charge in [0, 0.05) is 24.0 Å². The SMILES string of the molecule is CCCCCCCC(=O)CC(c1ccccc1)[N+]1(C)CCC=C(/C(=N/S)C(=N)OCCCCCC)C1. The number of thiol groups is 1. The summed E-state index contributed by atoms with van der Waals surface area (Å²) in [7, 11) is 2.24. The van der Waals surface area contributed by atoms with Crippen molar-refractivity contribution in [3.05, 3.63) is 47.5 Å².